The number of hydrogen-bond acceptors (Lipinski definition) is 2. The van der Waals surface area contributed by atoms with Crippen molar-refractivity contribution in [2.75, 3.05) is 25.1 Å². The van der Waals surface area contributed by atoms with E-state index < -0.39 is 11.6 Å². The number of nitrogens with one attached hydrogen (secondary N) is 1. The van der Waals surface area contributed by atoms with Crippen molar-refractivity contribution in [2.24, 2.45) is 0 Å². The molecule has 0 bridgehead atoms. The molecule has 1 aromatic carbocycles. The van der Waals surface area contributed by atoms with Crippen LogP contribution in [0, 0.1) is 18.6 Å². The molecule has 0 heterocycles. The van der Waals surface area contributed by atoms with E-state index in [1.54, 1.807) is 6.92 Å². The van der Waals surface area contributed by atoms with Gasteiger partial charge in [0.25, 0.3) is 0 Å². The highest BCUT2D eigenvalue weighted by atomic mass is 19.1. The van der Waals surface area contributed by atoms with Crippen molar-refractivity contribution < 1.29 is 13.5 Å². The number of hydrogen-bond donors (Lipinski definition) is 1. The van der Waals surface area contributed by atoms with E-state index in [-0.39, 0.29) is 5.69 Å². The van der Waals surface area contributed by atoms with Gasteiger partial charge < -0.3 is 10.1 Å². The first-order valence-corrected chi connectivity index (χ1v) is 5.93. The van der Waals surface area contributed by atoms with Gasteiger partial charge in [-0.25, -0.2) is 8.78 Å². The van der Waals surface area contributed by atoms with Crippen molar-refractivity contribution in [3.8, 4) is 0 Å². The normalized spacial score (nSPS) is 10.6. The highest BCUT2D eigenvalue weighted by molar-refractivity contribution is 5.48. The molecule has 0 spiro atoms. The summed E-state index contributed by atoms with van der Waals surface area (Å²) in [7, 11) is 0. The summed E-state index contributed by atoms with van der Waals surface area (Å²) in [5, 5.41) is 2.72. The fourth-order valence-corrected chi connectivity index (χ4v) is 1.42. The molecule has 1 aromatic rings. The largest absolute Gasteiger partial charge is 0.380 e. The zero-order valence-electron chi connectivity index (χ0n) is 10.4. The van der Waals surface area contributed by atoms with E-state index in [4.69, 9.17) is 4.74 Å². The lowest BCUT2D eigenvalue weighted by Crippen LogP contribution is -2.12. The predicted molar refractivity (Wildman–Crippen MR) is 65.3 cm³/mol. The zero-order chi connectivity index (χ0) is 12.7. The molecule has 96 valence electrons. The lowest BCUT2D eigenvalue weighted by molar-refractivity contribution is 0.141. The van der Waals surface area contributed by atoms with E-state index in [0.29, 0.717) is 25.3 Å². The first-order chi connectivity index (χ1) is 8.16. The van der Waals surface area contributed by atoms with Crippen LogP contribution in [0.1, 0.15) is 25.3 Å². The summed E-state index contributed by atoms with van der Waals surface area (Å²) < 4.78 is 32.2. The van der Waals surface area contributed by atoms with Gasteiger partial charge in [-0.05, 0) is 25.0 Å². The molecule has 0 aliphatic carbocycles. The van der Waals surface area contributed by atoms with Crippen molar-refractivity contribution in [3.63, 3.8) is 0 Å². The Morgan fingerprint density at radius 2 is 2.00 bits per heavy atom. The van der Waals surface area contributed by atoms with Crippen molar-refractivity contribution in [3.05, 3.63) is 29.3 Å². The van der Waals surface area contributed by atoms with E-state index in [1.807, 2.05) is 0 Å². The molecule has 4 heteroatoms. The van der Waals surface area contributed by atoms with Crippen LogP contribution in [-0.2, 0) is 4.74 Å². The first kappa shape index (κ1) is 13.9. The zero-order valence-corrected chi connectivity index (χ0v) is 10.4. The van der Waals surface area contributed by atoms with E-state index >= 15 is 0 Å². The quantitative estimate of drug-likeness (QED) is 0.740. The molecule has 0 radical (unpaired) electrons. The Balaban J connectivity index is 2.39. The maximum atomic E-state index is 13.5. The van der Waals surface area contributed by atoms with Crippen molar-refractivity contribution in [1.82, 2.24) is 0 Å². The number of anilines is 1. The lowest BCUT2D eigenvalue weighted by Gasteiger charge is -2.10. The van der Waals surface area contributed by atoms with Gasteiger partial charge in [-0.1, -0.05) is 19.4 Å². The van der Waals surface area contributed by atoms with Crippen LogP contribution in [0.5, 0.6) is 0 Å². The van der Waals surface area contributed by atoms with Gasteiger partial charge in [0.05, 0.1) is 6.61 Å². The fourth-order valence-electron chi connectivity index (χ4n) is 1.42. The van der Waals surface area contributed by atoms with E-state index in [1.165, 1.54) is 12.1 Å². The second-order valence-corrected chi connectivity index (χ2v) is 3.95. The Bertz CT molecular complexity index is 356. The van der Waals surface area contributed by atoms with Crippen LogP contribution >= 0.6 is 0 Å². The predicted octanol–water partition coefficient (Wildman–Crippen LogP) is 3.50. The molecule has 0 atom stereocenters. The minimum Gasteiger partial charge on any atom is -0.380 e. The summed E-state index contributed by atoms with van der Waals surface area (Å²) in [5.41, 5.74) is 0.366. The summed E-state index contributed by atoms with van der Waals surface area (Å²) in [6.07, 6.45) is 2.09. The molecule has 1 rings (SSSR count). The molecule has 1 N–H and O–H groups in total. The van der Waals surface area contributed by atoms with Gasteiger partial charge in [0, 0.05) is 13.2 Å². The van der Waals surface area contributed by atoms with Gasteiger partial charge in [0.1, 0.15) is 11.5 Å². The summed E-state index contributed by atoms with van der Waals surface area (Å²) in [4.78, 5) is 0. The second-order valence-electron chi connectivity index (χ2n) is 3.95. The maximum Gasteiger partial charge on any atom is 0.152 e. The minimum atomic E-state index is -0.568. The lowest BCUT2D eigenvalue weighted by atomic mass is 10.2. The Morgan fingerprint density at radius 1 is 1.24 bits per heavy atom. The molecule has 0 aromatic heterocycles. The second kappa shape index (κ2) is 7.22. The number of rotatable bonds is 7. The van der Waals surface area contributed by atoms with Crippen LogP contribution in [0.3, 0.4) is 0 Å². The van der Waals surface area contributed by atoms with Crippen LogP contribution in [0.4, 0.5) is 14.5 Å². The molecular weight excluding hydrogens is 224 g/mol. The Morgan fingerprint density at radius 3 is 2.71 bits per heavy atom. The van der Waals surface area contributed by atoms with Gasteiger partial charge >= 0.3 is 0 Å². The number of aryl methyl sites for hydroxylation is 1. The third-order valence-electron chi connectivity index (χ3n) is 2.47. The number of ether oxygens (including phenoxy) is 1. The Labute approximate surface area is 101 Å². The molecule has 0 aliphatic heterocycles. The van der Waals surface area contributed by atoms with Gasteiger partial charge in [-0.2, -0.15) is 0 Å². The van der Waals surface area contributed by atoms with Gasteiger partial charge in [0.15, 0.2) is 5.82 Å². The molecule has 0 saturated carbocycles. The SMILES string of the molecule is CCCCOCCNc1c(F)ccc(C)c1F. The third kappa shape index (κ3) is 4.30. The molecule has 0 saturated heterocycles. The average molecular weight is 243 g/mol. The molecular formula is C13H19F2NO. The van der Waals surface area contributed by atoms with Gasteiger partial charge in [-0.3, -0.25) is 0 Å². The number of halogens is 2. The Kier molecular flexibility index (Phi) is 5.91. The molecule has 17 heavy (non-hydrogen) atoms. The highest BCUT2D eigenvalue weighted by Gasteiger charge is 2.10. The first-order valence-electron chi connectivity index (χ1n) is 5.93. The topological polar surface area (TPSA) is 21.3 Å². The monoisotopic (exact) mass is 243 g/mol. The standard InChI is InChI=1S/C13H19F2NO/c1-3-4-8-17-9-7-16-13-11(14)6-5-10(2)12(13)15/h5-6,16H,3-4,7-9H2,1-2H3. The molecule has 0 aliphatic rings. The number of unbranched alkanes of at least 4 members (excludes halogenated alkanes) is 1. The van der Waals surface area contributed by atoms with E-state index in [9.17, 15) is 8.78 Å². The molecule has 0 amide bonds. The van der Waals surface area contributed by atoms with Crippen LogP contribution in [0.2, 0.25) is 0 Å². The van der Waals surface area contributed by atoms with Crippen LogP contribution < -0.4 is 5.32 Å². The van der Waals surface area contributed by atoms with Gasteiger partial charge in [-0.15, -0.1) is 0 Å². The molecule has 2 nitrogen and oxygen atoms in total. The van der Waals surface area contributed by atoms with Crippen molar-refractivity contribution >= 4 is 5.69 Å². The van der Waals surface area contributed by atoms with Crippen molar-refractivity contribution in [1.29, 1.82) is 0 Å². The van der Waals surface area contributed by atoms with Crippen LogP contribution in [-0.4, -0.2) is 19.8 Å². The number of benzene rings is 1. The molecule has 0 fully saturated rings. The fraction of sp³-hybridized carbons (Fsp3) is 0.538. The van der Waals surface area contributed by atoms with Crippen molar-refractivity contribution in [2.45, 2.75) is 26.7 Å². The minimum absolute atomic E-state index is 0.0657. The summed E-state index contributed by atoms with van der Waals surface area (Å²) in [5.74, 6) is -1.10. The summed E-state index contributed by atoms with van der Waals surface area (Å²) in [6, 6.07) is 2.69. The van der Waals surface area contributed by atoms with E-state index in [0.717, 1.165) is 12.8 Å². The third-order valence-corrected chi connectivity index (χ3v) is 2.47. The summed E-state index contributed by atoms with van der Waals surface area (Å²) >= 11 is 0. The van der Waals surface area contributed by atoms with Crippen LogP contribution in [0.15, 0.2) is 12.1 Å². The Hall–Kier alpha value is -1.16. The maximum absolute atomic E-state index is 13.5. The molecule has 0 unspecified atom stereocenters. The van der Waals surface area contributed by atoms with Gasteiger partial charge in [0.2, 0.25) is 0 Å². The van der Waals surface area contributed by atoms with Crippen LogP contribution in [0.25, 0.3) is 0 Å². The smallest absolute Gasteiger partial charge is 0.152 e. The highest BCUT2D eigenvalue weighted by Crippen LogP contribution is 2.21. The summed E-state index contributed by atoms with van der Waals surface area (Å²) in [6.45, 7) is 5.24. The van der Waals surface area contributed by atoms with E-state index in [2.05, 4.69) is 12.2 Å². The average Bonchev–Trinajstić information content (AvgIpc) is 2.32.